The molecule has 0 radical (unpaired) electrons. The molecule has 0 amide bonds. The molecule has 0 fully saturated rings. The second-order valence-electron chi connectivity index (χ2n) is 13.7. The quantitative estimate of drug-likeness (QED) is 0.151. The van der Waals surface area contributed by atoms with Crippen molar-refractivity contribution in [1.82, 2.24) is 9.80 Å². The largest absolute Gasteiger partial charge is 0.504 e. The van der Waals surface area contributed by atoms with E-state index in [0.717, 1.165) is 50.3 Å². The van der Waals surface area contributed by atoms with Crippen LogP contribution in [0.15, 0.2) is 66.7 Å². The highest BCUT2D eigenvalue weighted by Crippen LogP contribution is 2.55. The van der Waals surface area contributed by atoms with Gasteiger partial charge in [-0.15, -0.1) is 0 Å². The van der Waals surface area contributed by atoms with Gasteiger partial charge in [0.25, 0.3) is 0 Å². The summed E-state index contributed by atoms with van der Waals surface area (Å²) in [5.41, 5.74) is 7.47. The summed E-state index contributed by atoms with van der Waals surface area (Å²) in [6.45, 7) is 9.19. The number of phenolic OH excluding ortho intramolecular Hbond substituents is 1. The molecule has 51 heavy (non-hydrogen) atoms. The number of benzene rings is 4. The van der Waals surface area contributed by atoms with Crippen LogP contribution in [-0.4, -0.2) is 61.6 Å². The number of hydrogen-bond acceptors (Lipinski definition) is 9. The molecule has 1 N–H and O–H groups in total. The smallest absolute Gasteiger partial charge is 0.231 e. The molecule has 9 heteroatoms. The van der Waals surface area contributed by atoms with Gasteiger partial charge in [-0.2, -0.15) is 5.26 Å². The second kappa shape index (κ2) is 15.6. The lowest BCUT2D eigenvalue weighted by Crippen LogP contribution is -2.55. The zero-order chi connectivity index (χ0) is 36.2. The van der Waals surface area contributed by atoms with Crippen molar-refractivity contribution in [3.63, 3.8) is 0 Å². The van der Waals surface area contributed by atoms with Gasteiger partial charge in [-0.25, -0.2) is 0 Å². The van der Waals surface area contributed by atoms with Crippen molar-refractivity contribution >= 4 is 0 Å². The molecular formula is C42H49N3O6. The minimum atomic E-state index is -0.473. The monoisotopic (exact) mass is 691 g/mol. The third kappa shape index (κ3) is 6.96. The van der Waals surface area contributed by atoms with E-state index in [4.69, 9.17) is 23.7 Å². The molecule has 0 spiro atoms. The number of rotatable bonds is 13. The van der Waals surface area contributed by atoms with Gasteiger partial charge in [-0.3, -0.25) is 4.90 Å². The van der Waals surface area contributed by atoms with Crippen LogP contribution < -0.4 is 18.9 Å². The summed E-state index contributed by atoms with van der Waals surface area (Å²) < 4.78 is 31.5. The minimum absolute atomic E-state index is 0.0950. The molecule has 9 nitrogen and oxygen atoms in total. The van der Waals surface area contributed by atoms with E-state index in [0.29, 0.717) is 43.3 Å². The Balaban J connectivity index is 1.57. The number of hydrogen-bond donors (Lipinski definition) is 1. The third-order valence-corrected chi connectivity index (χ3v) is 10.2. The Kier molecular flexibility index (Phi) is 11.1. The fourth-order valence-electron chi connectivity index (χ4n) is 8.03. The molecule has 0 aromatic heterocycles. The highest BCUT2D eigenvalue weighted by molar-refractivity contribution is 5.66. The fraction of sp³-hybridized carbons (Fsp3) is 0.405. The maximum Gasteiger partial charge on any atom is 0.231 e. The summed E-state index contributed by atoms with van der Waals surface area (Å²) in [7, 11) is 5.63. The topological polar surface area (TPSA) is 96.7 Å². The zero-order valence-corrected chi connectivity index (χ0v) is 30.7. The van der Waals surface area contributed by atoms with Crippen LogP contribution >= 0.6 is 0 Å². The van der Waals surface area contributed by atoms with Crippen LogP contribution in [0.25, 0.3) is 0 Å². The van der Waals surface area contributed by atoms with Crippen LogP contribution in [0, 0.1) is 32.1 Å². The van der Waals surface area contributed by atoms with E-state index in [1.54, 1.807) is 7.11 Å². The Morgan fingerprint density at radius 3 is 2.20 bits per heavy atom. The van der Waals surface area contributed by atoms with Crippen LogP contribution in [0.4, 0.5) is 0 Å². The lowest BCUT2D eigenvalue weighted by Gasteiger charge is -2.50. The van der Waals surface area contributed by atoms with Gasteiger partial charge < -0.3 is 33.7 Å². The first kappa shape index (κ1) is 36.1. The summed E-state index contributed by atoms with van der Waals surface area (Å²) in [6.07, 6.45) is 1.10. The SMILES string of the molecule is CC[C@H](C#N)N1[C@@H](COCc2ccccc2)c2c(c(OCc3ccccc3)c(C)c3c2OCO3)C[C@H]1[C@@H](c1c(C)cc(C)c(OC)c1O)N(C)C. The van der Waals surface area contributed by atoms with E-state index in [9.17, 15) is 10.4 Å². The number of nitriles is 1. The molecule has 0 saturated heterocycles. The van der Waals surface area contributed by atoms with Gasteiger partial charge >= 0.3 is 0 Å². The second-order valence-corrected chi connectivity index (χ2v) is 13.7. The maximum atomic E-state index is 11.9. The molecule has 2 aliphatic rings. The molecule has 0 aliphatic carbocycles. The van der Waals surface area contributed by atoms with Crippen molar-refractivity contribution in [2.75, 3.05) is 34.6 Å². The highest BCUT2D eigenvalue weighted by atomic mass is 16.7. The molecular weight excluding hydrogens is 642 g/mol. The molecule has 6 rings (SSSR count). The van der Waals surface area contributed by atoms with E-state index < -0.39 is 12.1 Å². The summed E-state index contributed by atoms with van der Waals surface area (Å²) in [4.78, 5) is 4.43. The predicted molar refractivity (Wildman–Crippen MR) is 196 cm³/mol. The van der Waals surface area contributed by atoms with Crippen LogP contribution in [-0.2, 0) is 24.4 Å². The van der Waals surface area contributed by atoms with Gasteiger partial charge in [0.1, 0.15) is 12.4 Å². The van der Waals surface area contributed by atoms with Crippen molar-refractivity contribution in [3.05, 3.63) is 111 Å². The first-order valence-electron chi connectivity index (χ1n) is 17.6. The van der Waals surface area contributed by atoms with E-state index in [1.807, 2.05) is 90.3 Å². The Hall–Kier alpha value is -4.75. The Labute approximate surface area is 301 Å². The van der Waals surface area contributed by atoms with Crippen molar-refractivity contribution < 1.29 is 28.8 Å². The minimum Gasteiger partial charge on any atom is -0.504 e. The highest BCUT2D eigenvalue weighted by Gasteiger charge is 2.48. The Morgan fingerprint density at radius 2 is 1.59 bits per heavy atom. The molecule has 4 aromatic carbocycles. The summed E-state index contributed by atoms with van der Waals surface area (Å²) in [6, 6.07) is 23.4. The number of nitrogens with zero attached hydrogens (tertiary/aromatic N) is 3. The van der Waals surface area contributed by atoms with Crippen LogP contribution in [0.3, 0.4) is 0 Å². The first-order valence-corrected chi connectivity index (χ1v) is 17.6. The maximum absolute atomic E-state index is 11.9. The molecule has 0 bridgehead atoms. The molecule has 0 unspecified atom stereocenters. The van der Waals surface area contributed by atoms with Crippen LogP contribution in [0.1, 0.15) is 69.9 Å². The van der Waals surface area contributed by atoms with Crippen LogP contribution in [0.2, 0.25) is 0 Å². The summed E-state index contributed by atoms with van der Waals surface area (Å²) in [5.74, 6) is 2.65. The fourth-order valence-corrected chi connectivity index (χ4v) is 8.03. The zero-order valence-electron chi connectivity index (χ0n) is 30.7. The standard InChI is InChI=1S/C42H49N3O6/c1-8-31(21-43)45-33(37(44(5)6)35-26(2)19-27(3)39(47-7)38(35)46)20-32-36(34(45)24-48-22-29-15-11-9-12-16-29)42-41(50-25-51-42)28(4)40(32)49-23-30-17-13-10-14-18-30/h9-19,31,33-34,37,46H,8,20,22-25H2,1-7H3/t31-,33+,34+,37+/m1/s1. The molecule has 4 aromatic rings. The molecule has 4 atom stereocenters. The average molecular weight is 692 g/mol. The molecule has 2 aliphatic heterocycles. The van der Waals surface area contributed by atoms with E-state index in [-0.39, 0.29) is 31.2 Å². The average Bonchev–Trinajstić information content (AvgIpc) is 3.62. The number of aromatic hydroxyl groups is 1. The molecule has 0 saturated carbocycles. The van der Waals surface area contributed by atoms with Gasteiger partial charge in [0.05, 0.1) is 44.5 Å². The van der Waals surface area contributed by atoms with Gasteiger partial charge in [-0.1, -0.05) is 73.7 Å². The lowest BCUT2D eigenvalue weighted by atomic mass is 9.78. The number of phenols is 1. The molecule has 268 valence electrons. The summed E-state index contributed by atoms with van der Waals surface area (Å²) >= 11 is 0. The Morgan fingerprint density at radius 1 is 0.941 bits per heavy atom. The Bertz CT molecular complexity index is 1870. The van der Waals surface area contributed by atoms with Gasteiger partial charge in [0, 0.05) is 28.3 Å². The van der Waals surface area contributed by atoms with E-state index in [2.05, 4.69) is 34.1 Å². The number of methoxy groups -OCH3 is 1. The third-order valence-electron chi connectivity index (χ3n) is 10.2. The number of ether oxygens (including phenoxy) is 5. The van der Waals surface area contributed by atoms with Crippen LogP contribution in [0.5, 0.6) is 28.7 Å². The van der Waals surface area contributed by atoms with Gasteiger partial charge in [-0.05, 0) is 70.0 Å². The van der Waals surface area contributed by atoms with Crippen molar-refractivity contribution in [2.24, 2.45) is 0 Å². The van der Waals surface area contributed by atoms with E-state index >= 15 is 0 Å². The van der Waals surface area contributed by atoms with E-state index in [1.165, 1.54) is 0 Å². The van der Waals surface area contributed by atoms with Crippen molar-refractivity contribution in [3.8, 4) is 34.8 Å². The number of aryl methyl sites for hydroxylation is 2. The predicted octanol–water partition coefficient (Wildman–Crippen LogP) is 7.72. The van der Waals surface area contributed by atoms with Gasteiger partial charge in [0.15, 0.2) is 23.0 Å². The summed E-state index contributed by atoms with van der Waals surface area (Å²) in [5, 5.41) is 22.7. The van der Waals surface area contributed by atoms with Crippen molar-refractivity contribution in [2.45, 2.75) is 77.9 Å². The lowest BCUT2D eigenvalue weighted by molar-refractivity contribution is -0.0175. The van der Waals surface area contributed by atoms with Gasteiger partial charge in [0.2, 0.25) is 6.79 Å². The number of likely N-dealkylation sites (N-methyl/N-ethyl adjacent to an activating group) is 1. The number of fused-ring (bicyclic) bond motifs is 3. The first-order chi connectivity index (χ1) is 24.7. The normalized spacial score (nSPS) is 17.9. The molecule has 2 heterocycles. The van der Waals surface area contributed by atoms with Crippen molar-refractivity contribution in [1.29, 1.82) is 5.26 Å².